The van der Waals surface area contributed by atoms with Crippen LogP contribution in [-0.2, 0) is 21.4 Å². The Balaban J connectivity index is 0.00000280. The molecule has 1 aromatic heterocycles. The van der Waals surface area contributed by atoms with Crippen molar-refractivity contribution in [2.24, 2.45) is 0 Å². The number of hydrogen-bond donors (Lipinski definition) is 1. The Morgan fingerprint density at radius 2 is 1.79 bits per heavy atom. The number of unbranched alkanes of at least 4 members (excludes halogenated alkanes) is 1. The summed E-state index contributed by atoms with van der Waals surface area (Å²) in [6.07, 6.45) is 1.12. The van der Waals surface area contributed by atoms with Gasteiger partial charge in [-0.15, -0.1) is 17.0 Å². The second-order valence-corrected chi connectivity index (χ2v) is 8.35. The zero-order chi connectivity index (χ0) is 19.4. The number of amides is 1. The van der Waals surface area contributed by atoms with Gasteiger partial charge in [0.25, 0.3) is 5.52 Å². The molecule has 0 saturated heterocycles. The molecule has 8 heteroatoms. The predicted octanol–water partition coefficient (Wildman–Crippen LogP) is 3.52. The molecule has 1 amide bonds. The van der Waals surface area contributed by atoms with Crippen molar-refractivity contribution in [3.05, 3.63) is 54.4 Å². The molecule has 0 radical (unpaired) electrons. The van der Waals surface area contributed by atoms with Gasteiger partial charge in [-0.2, -0.15) is 4.57 Å². The normalized spacial score (nSPS) is 11.2. The number of aromatic nitrogens is 1. The smallest absolute Gasteiger partial charge is 0.344 e. The monoisotopic (exact) mass is 467 g/mol. The highest BCUT2D eigenvalue weighted by Gasteiger charge is 2.20. The first kappa shape index (κ1) is 22.1. The SMILES string of the molecule is Br.CC(=O)NS(=O)(=O)CCCC[n+]1c(C)oc2ccc(-c3ccccc3)cc21. The van der Waals surface area contributed by atoms with Crippen molar-refractivity contribution in [2.75, 3.05) is 5.75 Å². The van der Waals surface area contributed by atoms with Gasteiger partial charge in [-0.3, -0.25) is 9.52 Å². The van der Waals surface area contributed by atoms with Crippen molar-refractivity contribution in [1.29, 1.82) is 0 Å². The van der Waals surface area contributed by atoms with Crippen molar-refractivity contribution in [3.8, 4) is 11.1 Å². The summed E-state index contributed by atoms with van der Waals surface area (Å²) in [7, 11) is -3.55. The summed E-state index contributed by atoms with van der Waals surface area (Å²) >= 11 is 0. The first-order valence-electron chi connectivity index (χ1n) is 8.85. The van der Waals surface area contributed by atoms with E-state index >= 15 is 0 Å². The van der Waals surface area contributed by atoms with Crippen molar-refractivity contribution in [2.45, 2.75) is 33.2 Å². The van der Waals surface area contributed by atoms with Crippen molar-refractivity contribution in [3.63, 3.8) is 0 Å². The summed E-state index contributed by atoms with van der Waals surface area (Å²) in [4.78, 5) is 10.9. The van der Waals surface area contributed by atoms with Gasteiger partial charge >= 0.3 is 5.89 Å². The zero-order valence-corrected chi connectivity index (χ0v) is 18.4. The van der Waals surface area contributed by atoms with Gasteiger partial charge in [0, 0.05) is 19.4 Å². The fraction of sp³-hybridized carbons (Fsp3) is 0.300. The number of benzene rings is 2. The molecule has 0 unspecified atom stereocenters. The summed E-state index contributed by atoms with van der Waals surface area (Å²) in [5, 5.41) is 0. The molecule has 0 fully saturated rings. The van der Waals surface area contributed by atoms with E-state index < -0.39 is 15.9 Å². The van der Waals surface area contributed by atoms with E-state index in [2.05, 4.69) is 22.8 Å². The maximum absolute atomic E-state index is 11.7. The molecule has 150 valence electrons. The van der Waals surface area contributed by atoms with Crippen LogP contribution in [0, 0.1) is 6.92 Å². The molecule has 2 aromatic carbocycles. The molecule has 0 aliphatic heterocycles. The highest BCUT2D eigenvalue weighted by atomic mass is 79.9. The Morgan fingerprint density at radius 1 is 1.07 bits per heavy atom. The summed E-state index contributed by atoms with van der Waals surface area (Å²) in [6.45, 7) is 3.74. The van der Waals surface area contributed by atoms with E-state index in [1.54, 1.807) is 0 Å². The Kier molecular flexibility index (Phi) is 7.37. The highest BCUT2D eigenvalue weighted by molar-refractivity contribution is 8.93. The van der Waals surface area contributed by atoms with Gasteiger partial charge in [0.2, 0.25) is 21.5 Å². The van der Waals surface area contributed by atoms with Crippen molar-refractivity contribution < 1.29 is 22.2 Å². The minimum Gasteiger partial charge on any atom is -0.402 e. The van der Waals surface area contributed by atoms with E-state index in [0.717, 1.165) is 28.1 Å². The lowest BCUT2D eigenvalue weighted by atomic mass is 10.1. The molecule has 0 aliphatic rings. The number of oxazole rings is 1. The van der Waals surface area contributed by atoms with Crippen molar-refractivity contribution in [1.82, 2.24) is 4.72 Å². The first-order chi connectivity index (χ1) is 12.9. The number of fused-ring (bicyclic) bond motifs is 1. The molecule has 0 bridgehead atoms. The average Bonchev–Trinajstić information content (AvgIpc) is 2.93. The van der Waals surface area contributed by atoms with Gasteiger partial charge in [0.15, 0.2) is 6.54 Å². The molecular weight excluding hydrogens is 444 g/mol. The van der Waals surface area contributed by atoms with Gasteiger partial charge in [-0.1, -0.05) is 36.4 Å². The second-order valence-electron chi connectivity index (χ2n) is 6.51. The van der Waals surface area contributed by atoms with Crippen LogP contribution in [0.5, 0.6) is 0 Å². The van der Waals surface area contributed by atoms with Crippen LogP contribution in [0.1, 0.15) is 25.7 Å². The number of rotatable bonds is 7. The first-order valence-corrected chi connectivity index (χ1v) is 10.5. The summed E-state index contributed by atoms with van der Waals surface area (Å²) in [6, 6.07) is 16.2. The molecule has 3 rings (SSSR count). The third kappa shape index (κ3) is 5.42. The van der Waals surface area contributed by atoms with Crippen LogP contribution in [0.15, 0.2) is 52.9 Å². The molecule has 28 heavy (non-hydrogen) atoms. The Bertz CT molecular complexity index is 1060. The fourth-order valence-corrected chi connectivity index (χ4v) is 4.24. The third-order valence-corrected chi connectivity index (χ3v) is 5.76. The van der Waals surface area contributed by atoms with Crippen molar-refractivity contribution >= 4 is 44.0 Å². The molecule has 1 N–H and O–H groups in total. The lowest BCUT2D eigenvalue weighted by Crippen LogP contribution is -2.36. The fourth-order valence-electron chi connectivity index (χ4n) is 3.12. The van der Waals surface area contributed by atoms with E-state index in [9.17, 15) is 13.2 Å². The van der Waals surface area contributed by atoms with E-state index in [0.29, 0.717) is 19.4 Å². The topological polar surface area (TPSA) is 80.3 Å². The Labute approximate surface area is 175 Å². The highest BCUT2D eigenvalue weighted by Crippen LogP contribution is 2.24. The number of nitrogens with one attached hydrogen (secondary N) is 1. The van der Waals surface area contributed by atoms with E-state index in [-0.39, 0.29) is 22.7 Å². The lowest BCUT2D eigenvalue weighted by Gasteiger charge is -2.03. The Hall–Kier alpha value is -2.19. The predicted molar refractivity (Wildman–Crippen MR) is 114 cm³/mol. The lowest BCUT2D eigenvalue weighted by molar-refractivity contribution is -0.683. The molecular formula is C20H24BrN2O4S+. The number of aryl methyl sites for hydroxylation is 2. The third-order valence-electron chi connectivity index (χ3n) is 4.34. The van der Waals surface area contributed by atoms with Gasteiger partial charge < -0.3 is 4.42 Å². The minimum absolute atomic E-state index is 0. The zero-order valence-electron chi connectivity index (χ0n) is 15.8. The quantitative estimate of drug-likeness (QED) is 0.425. The molecule has 0 spiro atoms. The summed E-state index contributed by atoms with van der Waals surface area (Å²) in [5.41, 5.74) is 4.02. The van der Waals surface area contributed by atoms with Crippen LogP contribution >= 0.6 is 17.0 Å². The van der Waals surface area contributed by atoms with Gasteiger partial charge in [-0.05, 0) is 23.6 Å². The number of carbonyl (C=O) groups excluding carboxylic acids is 1. The number of hydrogen-bond acceptors (Lipinski definition) is 4. The van der Waals surface area contributed by atoms with Crippen LogP contribution in [-0.4, -0.2) is 20.1 Å². The van der Waals surface area contributed by atoms with Crippen LogP contribution in [0.2, 0.25) is 0 Å². The van der Waals surface area contributed by atoms with E-state index in [1.807, 2.05) is 42.0 Å². The Morgan fingerprint density at radius 3 is 2.46 bits per heavy atom. The van der Waals surface area contributed by atoms with Gasteiger partial charge in [0.05, 0.1) is 12.7 Å². The van der Waals surface area contributed by atoms with Crippen LogP contribution in [0.3, 0.4) is 0 Å². The molecule has 1 heterocycles. The summed E-state index contributed by atoms with van der Waals surface area (Å²) < 4.78 is 33.3. The van der Waals surface area contributed by atoms with Gasteiger partial charge in [0.1, 0.15) is 0 Å². The minimum atomic E-state index is -3.55. The van der Waals surface area contributed by atoms with Crippen LogP contribution in [0.25, 0.3) is 22.2 Å². The second kappa shape index (κ2) is 9.34. The number of nitrogens with zero attached hydrogens (tertiary/aromatic N) is 1. The van der Waals surface area contributed by atoms with Crippen LogP contribution in [0.4, 0.5) is 0 Å². The molecule has 0 aliphatic carbocycles. The maximum atomic E-state index is 11.7. The number of halogens is 1. The van der Waals surface area contributed by atoms with Crippen LogP contribution < -0.4 is 9.29 Å². The van der Waals surface area contributed by atoms with E-state index in [1.165, 1.54) is 6.92 Å². The largest absolute Gasteiger partial charge is 0.402 e. The van der Waals surface area contributed by atoms with E-state index in [4.69, 9.17) is 4.42 Å². The number of carbonyl (C=O) groups is 1. The standard InChI is InChI=1S/C20H22N2O4S.BrH/c1-15(23)21-27(24,25)13-7-6-12-22-16(2)26-20-11-10-18(14-19(20)22)17-8-4-3-5-9-17;/h3-5,8-11,14H,6-7,12-13H2,1-2H3;1H/p+1. The number of sulfonamides is 1. The molecule has 0 saturated carbocycles. The molecule has 0 atom stereocenters. The molecule has 3 aromatic rings. The molecule has 6 nitrogen and oxygen atoms in total. The average molecular weight is 468 g/mol. The maximum Gasteiger partial charge on any atom is 0.344 e. The summed E-state index contributed by atoms with van der Waals surface area (Å²) in [5.74, 6) is 0.145. The van der Waals surface area contributed by atoms with Gasteiger partial charge in [-0.25, -0.2) is 8.42 Å².